The van der Waals surface area contributed by atoms with E-state index in [4.69, 9.17) is 9.29 Å². The number of rotatable bonds is 7. The zero-order chi connectivity index (χ0) is 25.3. The van der Waals surface area contributed by atoms with Crippen LogP contribution in [0.5, 0.6) is 0 Å². The molecular weight excluding hydrogens is 479 g/mol. The fourth-order valence-corrected chi connectivity index (χ4v) is 6.16. The van der Waals surface area contributed by atoms with E-state index in [9.17, 15) is 40.0 Å². The van der Waals surface area contributed by atoms with Crippen molar-refractivity contribution in [2.45, 2.75) is 88.9 Å². The number of alkyl halides is 5. The van der Waals surface area contributed by atoms with Gasteiger partial charge in [-0.25, -0.2) is 0 Å². The number of esters is 2. The SMILES string of the molecule is CCC(C)(C)C(=O)OC12CC3CC(C1)CC(C(=O)OC(C(F)(F)F)C(F)(F)S(=O)(=O)O)(C3)C2. The van der Waals surface area contributed by atoms with Crippen molar-refractivity contribution >= 4 is 22.1 Å². The molecule has 13 heteroatoms. The van der Waals surface area contributed by atoms with Crippen LogP contribution >= 0.6 is 0 Å². The topological polar surface area (TPSA) is 107 Å². The lowest BCUT2D eigenvalue weighted by molar-refractivity contribution is -0.270. The molecule has 7 nitrogen and oxygen atoms in total. The Balaban J connectivity index is 1.91. The van der Waals surface area contributed by atoms with Crippen LogP contribution < -0.4 is 0 Å². The molecular formula is C20H27F5O7S. The Kier molecular flexibility index (Phi) is 6.14. The third-order valence-electron chi connectivity index (χ3n) is 7.36. The van der Waals surface area contributed by atoms with E-state index < -0.39 is 56.0 Å². The first-order chi connectivity index (χ1) is 14.8. The van der Waals surface area contributed by atoms with Crippen molar-refractivity contribution in [2.75, 3.05) is 0 Å². The van der Waals surface area contributed by atoms with E-state index in [0.717, 1.165) is 0 Å². The predicted octanol–water partition coefficient (Wildman–Crippen LogP) is 4.26. The van der Waals surface area contributed by atoms with Crippen LogP contribution in [0.3, 0.4) is 0 Å². The summed E-state index contributed by atoms with van der Waals surface area (Å²) in [6.07, 6.45) is -8.52. The van der Waals surface area contributed by atoms with Gasteiger partial charge < -0.3 is 9.47 Å². The smallest absolute Gasteiger partial charge is 0.432 e. The molecule has 0 aromatic heterocycles. The highest BCUT2D eigenvalue weighted by atomic mass is 32.2. The van der Waals surface area contributed by atoms with Gasteiger partial charge in [0.25, 0.3) is 6.10 Å². The second-order valence-electron chi connectivity index (χ2n) is 10.4. The summed E-state index contributed by atoms with van der Waals surface area (Å²) in [4.78, 5) is 25.7. The highest BCUT2D eigenvalue weighted by molar-refractivity contribution is 7.86. The molecule has 1 N–H and O–H groups in total. The van der Waals surface area contributed by atoms with Crippen molar-refractivity contribution in [1.29, 1.82) is 0 Å². The fraction of sp³-hybridized carbons (Fsp3) is 0.900. The van der Waals surface area contributed by atoms with Crippen molar-refractivity contribution in [1.82, 2.24) is 0 Å². The van der Waals surface area contributed by atoms with Gasteiger partial charge in [0.15, 0.2) is 0 Å². The molecule has 0 saturated heterocycles. The predicted molar refractivity (Wildman–Crippen MR) is 102 cm³/mol. The molecule has 0 amide bonds. The maximum absolute atomic E-state index is 13.9. The molecule has 190 valence electrons. The summed E-state index contributed by atoms with van der Waals surface area (Å²) in [6.45, 7) is 5.13. The first-order valence-electron chi connectivity index (χ1n) is 10.6. The minimum absolute atomic E-state index is 0.0564. The molecule has 4 bridgehead atoms. The molecule has 0 radical (unpaired) electrons. The monoisotopic (exact) mass is 506 g/mol. The average Bonchev–Trinajstić information content (AvgIpc) is 2.62. The van der Waals surface area contributed by atoms with Gasteiger partial charge in [-0.2, -0.15) is 30.4 Å². The molecule has 4 aliphatic carbocycles. The van der Waals surface area contributed by atoms with Gasteiger partial charge in [-0.15, -0.1) is 0 Å². The highest BCUT2D eigenvalue weighted by Gasteiger charge is 2.69. The van der Waals surface area contributed by atoms with Crippen molar-refractivity contribution in [3.05, 3.63) is 0 Å². The van der Waals surface area contributed by atoms with Crippen molar-refractivity contribution in [2.24, 2.45) is 22.7 Å². The van der Waals surface area contributed by atoms with Gasteiger partial charge in [-0.05, 0) is 64.2 Å². The van der Waals surface area contributed by atoms with Gasteiger partial charge in [0, 0.05) is 6.42 Å². The highest BCUT2D eigenvalue weighted by Crippen LogP contribution is 2.63. The van der Waals surface area contributed by atoms with E-state index >= 15 is 0 Å². The number of ether oxygens (including phenoxy) is 2. The summed E-state index contributed by atoms with van der Waals surface area (Å²) in [7, 11) is -6.53. The molecule has 4 rings (SSSR count). The van der Waals surface area contributed by atoms with Crippen LogP contribution in [0.2, 0.25) is 0 Å². The van der Waals surface area contributed by atoms with Gasteiger partial charge in [0.1, 0.15) is 5.60 Å². The summed E-state index contributed by atoms with van der Waals surface area (Å²) >= 11 is 0. The van der Waals surface area contributed by atoms with E-state index in [0.29, 0.717) is 25.7 Å². The van der Waals surface area contributed by atoms with Crippen LogP contribution in [-0.4, -0.2) is 48.0 Å². The van der Waals surface area contributed by atoms with E-state index in [-0.39, 0.29) is 31.1 Å². The van der Waals surface area contributed by atoms with Crippen molar-refractivity contribution in [3.63, 3.8) is 0 Å². The minimum atomic E-state index is -6.53. The summed E-state index contributed by atoms with van der Waals surface area (Å²) in [6, 6.07) is 0. The third-order valence-corrected chi connectivity index (χ3v) is 8.26. The molecule has 3 unspecified atom stereocenters. The summed E-state index contributed by atoms with van der Waals surface area (Å²) in [5.41, 5.74) is -3.60. The van der Waals surface area contributed by atoms with E-state index in [1.807, 2.05) is 0 Å². The molecule has 4 saturated carbocycles. The fourth-order valence-electron chi connectivity index (χ4n) is 5.71. The lowest BCUT2D eigenvalue weighted by Crippen LogP contribution is -2.62. The van der Waals surface area contributed by atoms with Gasteiger partial charge >= 0.3 is 33.5 Å². The Morgan fingerprint density at radius 1 is 1.06 bits per heavy atom. The summed E-state index contributed by atoms with van der Waals surface area (Å²) in [5, 5.41) is -5.79. The maximum Gasteiger partial charge on any atom is 0.432 e. The number of hydrogen-bond donors (Lipinski definition) is 1. The number of hydrogen-bond acceptors (Lipinski definition) is 6. The van der Waals surface area contributed by atoms with Gasteiger partial charge in [-0.1, -0.05) is 6.92 Å². The number of carbonyl (C=O) groups is 2. The standard InChI is InChI=1S/C20H27F5O7S/c1-4-16(2,3)14(26)32-18-8-11-5-12(9-18)7-17(6-11,10-18)15(27)31-13(19(21,22)23)20(24,25)33(28,29)30/h11-13H,4-10H2,1-3H3,(H,28,29,30). The van der Waals surface area contributed by atoms with Gasteiger partial charge in [0.05, 0.1) is 10.8 Å². The maximum atomic E-state index is 13.9. The molecule has 4 aliphatic rings. The van der Waals surface area contributed by atoms with Crippen LogP contribution in [0.15, 0.2) is 0 Å². The largest absolute Gasteiger partial charge is 0.459 e. The third kappa shape index (κ3) is 4.59. The molecule has 0 aromatic carbocycles. The van der Waals surface area contributed by atoms with E-state index in [2.05, 4.69) is 4.74 Å². The molecule has 0 aliphatic heterocycles. The molecule has 0 heterocycles. The normalized spacial score (nSPS) is 33.0. The van der Waals surface area contributed by atoms with E-state index in [1.54, 1.807) is 20.8 Å². The van der Waals surface area contributed by atoms with Crippen LogP contribution in [-0.2, 0) is 29.2 Å². The zero-order valence-electron chi connectivity index (χ0n) is 18.4. The van der Waals surface area contributed by atoms with Gasteiger partial charge in [-0.3, -0.25) is 14.1 Å². The Hall–Kier alpha value is -1.50. The van der Waals surface area contributed by atoms with Crippen molar-refractivity contribution < 1.29 is 54.0 Å². The lowest BCUT2D eigenvalue weighted by Gasteiger charge is -2.60. The minimum Gasteiger partial charge on any atom is -0.459 e. The lowest BCUT2D eigenvalue weighted by atomic mass is 9.48. The van der Waals surface area contributed by atoms with Crippen LogP contribution in [0, 0.1) is 22.7 Å². The molecule has 4 fully saturated rings. The first kappa shape index (κ1) is 26.1. The van der Waals surface area contributed by atoms with Crippen LogP contribution in [0.1, 0.15) is 65.7 Å². The average molecular weight is 506 g/mol. The quantitative estimate of drug-likeness (QED) is 0.312. The summed E-state index contributed by atoms with van der Waals surface area (Å²) in [5.74, 6) is -2.54. The van der Waals surface area contributed by atoms with Crippen LogP contribution in [0.25, 0.3) is 0 Å². The van der Waals surface area contributed by atoms with Gasteiger partial charge in [0.2, 0.25) is 0 Å². The summed E-state index contributed by atoms with van der Waals surface area (Å²) < 4.78 is 108. The molecule has 33 heavy (non-hydrogen) atoms. The van der Waals surface area contributed by atoms with E-state index in [1.165, 1.54) is 0 Å². The Labute approximate surface area is 188 Å². The van der Waals surface area contributed by atoms with Crippen molar-refractivity contribution in [3.8, 4) is 0 Å². The molecule has 3 atom stereocenters. The number of halogens is 5. The zero-order valence-corrected chi connectivity index (χ0v) is 19.2. The number of carbonyl (C=O) groups excluding carboxylic acids is 2. The molecule has 0 spiro atoms. The molecule has 0 aromatic rings. The second kappa shape index (κ2) is 7.76. The Morgan fingerprint density at radius 2 is 1.58 bits per heavy atom. The first-order valence-corrected chi connectivity index (χ1v) is 12.1. The van der Waals surface area contributed by atoms with Crippen LogP contribution in [0.4, 0.5) is 22.0 Å². The Bertz CT molecular complexity index is 914. The Morgan fingerprint density at radius 3 is 2.00 bits per heavy atom. The second-order valence-corrected chi connectivity index (χ2v) is 11.9.